The summed E-state index contributed by atoms with van der Waals surface area (Å²) in [6, 6.07) is 17.4. The van der Waals surface area contributed by atoms with E-state index in [2.05, 4.69) is 40.3 Å². The van der Waals surface area contributed by atoms with Gasteiger partial charge in [-0.15, -0.1) is 12.4 Å². The SMILES string of the molecule is CC(C)(CCCN1CCCC(Cc2c[nH]c3ccccc23)C1)S(=O)(=O)c1ccccc1.Cl. The highest BCUT2D eigenvalue weighted by Crippen LogP contribution is 2.30. The highest BCUT2D eigenvalue weighted by atomic mass is 35.5. The number of hydrogen-bond donors (Lipinski definition) is 1. The molecule has 4 rings (SSSR count). The Bertz CT molecular complexity index is 1110. The molecule has 1 N–H and O–H groups in total. The molecule has 0 aliphatic carbocycles. The smallest absolute Gasteiger partial charge is 0.183 e. The first-order valence-electron chi connectivity index (χ1n) is 11.4. The summed E-state index contributed by atoms with van der Waals surface area (Å²) in [7, 11) is -3.33. The van der Waals surface area contributed by atoms with Crippen molar-refractivity contribution in [3.8, 4) is 0 Å². The van der Waals surface area contributed by atoms with Crippen LogP contribution in [0.3, 0.4) is 0 Å². The Balaban J connectivity index is 0.00000289. The van der Waals surface area contributed by atoms with Crippen LogP contribution in [0, 0.1) is 5.92 Å². The lowest BCUT2D eigenvalue weighted by atomic mass is 9.91. The number of piperidine rings is 1. The minimum absolute atomic E-state index is 0. The van der Waals surface area contributed by atoms with E-state index in [0.29, 0.717) is 17.2 Å². The molecule has 6 heteroatoms. The van der Waals surface area contributed by atoms with Gasteiger partial charge >= 0.3 is 0 Å². The van der Waals surface area contributed by atoms with Gasteiger partial charge in [-0.1, -0.05) is 36.4 Å². The zero-order valence-electron chi connectivity index (χ0n) is 19.1. The number of nitrogens with one attached hydrogen (secondary N) is 1. The summed E-state index contributed by atoms with van der Waals surface area (Å²) in [5.74, 6) is 0.661. The monoisotopic (exact) mass is 474 g/mol. The maximum Gasteiger partial charge on any atom is 0.183 e. The average Bonchev–Trinajstić information content (AvgIpc) is 3.17. The molecule has 2 heterocycles. The standard InChI is InChI=1S/C26H34N2O2S.ClH/c1-26(2,31(29,30)23-11-4-3-5-12-23)15-9-17-28-16-8-10-21(20-28)18-22-19-27-25-14-7-6-13-24(22)25;/h3-7,11-14,19,21,27H,8-10,15-18,20H2,1-2H3;1H. The lowest BCUT2D eigenvalue weighted by molar-refractivity contribution is 0.170. The molecule has 1 saturated heterocycles. The third-order valence-electron chi connectivity index (χ3n) is 6.82. The largest absolute Gasteiger partial charge is 0.361 e. The van der Waals surface area contributed by atoms with E-state index in [9.17, 15) is 8.42 Å². The molecule has 1 aromatic heterocycles. The first kappa shape index (κ1) is 24.8. The van der Waals surface area contributed by atoms with Crippen LogP contribution in [0.5, 0.6) is 0 Å². The van der Waals surface area contributed by atoms with Gasteiger partial charge in [0.25, 0.3) is 0 Å². The van der Waals surface area contributed by atoms with Crippen LogP contribution in [0.25, 0.3) is 10.9 Å². The average molecular weight is 475 g/mol. The maximum atomic E-state index is 13.1. The molecule has 3 aromatic rings. The molecule has 0 bridgehead atoms. The summed E-state index contributed by atoms with van der Waals surface area (Å²) in [6.07, 6.45) is 7.34. The van der Waals surface area contributed by atoms with Crippen molar-refractivity contribution in [1.82, 2.24) is 9.88 Å². The first-order valence-corrected chi connectivity index (χ1v) is 12.9. The zero-order chi connectivity index (χ0) is 21.9. The Morgan fingerprint density at radius 1 is 1.06 bits per heavy atom. The van der Waals surface area contributed by atoms with Gasteiger partial charge in [0.05, 0.1) is 9.64 Å². The van der Waals surface area contributed by atoms with Gasteiger partial charge in [0, 0.05) is 23.6 Å². The third kappa shape index (κ3) is 5.38. The topological polar surface area (TPSA) is 53.2 Å². The first-order chi connectivity index (χ1) is 14.9. The van der Waals surface area contributed by atoms with E-state index in [1.807, 2.05) is 19.9 Å². The quantitative estimate of drug-likeness (QED) is 0.443. The van der Waals surface area contributed by atoms with Gasteiger partial charge in [-0.05, 0) is 88.7 Å². The number of hydrogen-bond acceptors (Lipinski definition) is 3. The number of likely N-dealkylation sites (tertiary alicyclic amines) is 1. The summed E-state index contributed by atoms with van der Waals surface area (Å²) in [4.78, 5) is 6.36. The molecule has 2 aromatic carbocycles. The third-order valence-corrected chi connectivity index (χ3v) is 9.37. The van der Waals surface area contributed by atoms with E-state index >= 15 is 0 Å². The van der Waals surface area contributed by atoms with Gasteiger partial charge in [-0.25, -0.2) is 8.42 Å². The van der Waals surface area contributed by atoms with Crippen LogP contribution in [0.1, 0.15) is 45.1 Å². The van der Waals surface area contributed by atoms with E-state index in [-0.39, 0.29) is 12.4 Å². The van der Waals surface area contributed by atoms with Crippen molar-refractivity contribution in [2.24, 2.45) is 5.92 Å². The second kappa shape index (κ2) is 10.4. The van der Waals surface area contributed by atoms with Gasteiger partial charge in [0.1, 0.15) is 0 Å². The Labute approximate surface area is 198 Å². The second-order valence-corrected chi connectivity index (χ2v) is 12.1. The predicted octanol–water partition coefficient (Wildman–Crippen LogP) is 5.88. The number of aromatic nitrogens is 1. The molecule has 1 unspecified atom stereocenters. The highest BCUT2D eigenvalue weighted by molar-refractivity contribution is 7.92. The molecular weight excluding hydrogens is 440 g/mol. The Morgan fingerprint density at radius 3 is 2.56 bits per heavy atom. The van der Waals surface area contributed by atoms with E-state index in [0.717, 1.165) is 32.5 Å². The molecular formula is C26H35ClN2O2S. The van der Waals surface area contributed by atoms with Gasteiger partial charge < -0.3 is 9.88 Å². The number of nitrogens with zero attached hydrogens (tertiary/aromatic N) is 1. The summed E-state index contributed by atoms with van der Waals surface area (Å²) in [5.41, 5.74) is 2.63. The molecule has 32 heavy (non-hydrogen) atoms. The number of para-hydroxylation sites is 1. The van der Waals surface area contributed by atoms with Crippen LogP contribution < -0.4 is 0 Å². The Morgan fingerprint density at radius 2 is 1.78 bits per heavy atom. The minimum atomic E-state index is -3.33. The van der Waals surface area contributed by atoms with Crippen LogP contribution in [0.4, 0.5) is 0 Å². The molecule has 0 spiro atoms. The van der Waals surface area contributed by atoms with Gasteiger partial charge in [-0.3, -0.25) is 0 Å². The van der Waals surface area contributed by atoms with Crippen molar-refractivity contribution in [2.45, 2.75) is 55.6 Å². The molecule has 174 valence electrons. The minimum Gasteiger partial charge on any atom is -0.361 e. The highest BCUT2D eigenvalue weighted by Gasteiger charge is 2.35. The molecule has 0 radical (unpaired) electrons. The summed E-state index contributed by atoms with van der Waals surface area (Å²) < 4.78 is 25.4. The van der Waals surface area contributed by atoms with Gasteiger partial charge in [-0.2, -0.15) is 0 Å². The van der Waals surface area contributed by atoms with Gasteiger partial charge in [0.2, 0.25) is 0 Å². The van der Waals surface area contributed by atoms with E-state index in [4.69, 9.17) is 0 Å². The van der Waals surface area contributed by atoms with Crippen LogP contribution in [-0.4, -0.2) is 42.7 Å². The number of halogens is 1. The molecule has 1 fully saturated rings. The van der Waals surface area contributed by atoms with Crippen LogP contribution in [-0.2, 0) is 16.3 Å². The van der Waals surface area contributed by atoms with Crippen molar-refractivity contribution >= 4 is 33.1 Å². The molecule has 1 aliphatic heterocycles. The van der Waals surface area contributed by atoms with E-state index in [1.54, 1.807) is 24.3 Å². The molecule has 0 saturated carbocycles. The summed E-state index contributed by atoms with van der Waals surface area (Å²) in [6.45, 7) is 6.93. The van der Waals surface area contributed by atoms with E-state index in [1.165, 1.54) is 29.3 Å². The molecule has 1 atom stereocenters. The Kier molecular flexibility index (Phi) is 8.07. The maximum absolute atomic E-state index is 13.1. The second-order valence-electron chi connectivity index (χ2n) is 9.55. The number of fused-ring (bicyclic) bond motifs is 1. The van der Waals surface area contributed by atoms with Crippen LogP contribution in [0.2, 0.25) is 0 Å². The fraction of sp³-hybridized carbons (Fsp3) is 0.462. The number of benzene rings is 2. The number of H-pyrrole nitrogens is 1. The predicted molar refractivity (Wildman–Crippen MR) is 135 cm³/mol. The van der Waals surface area contributed by atoms with E-state index < -0.39 is 14.6 Å². The fourth-order valence-electron chi connectivity index (χ4n) is 4.91. The zero-order valence-corrected chi connectivity index (χ0v) is 20.7. The normalized spacial score (nSPS) is 17.9. The summed E-state index contributed by atoms with van der Waals surface area (Å²) in [5, 5.41) is 1.34. The number of aromatic amines is 1. The molecule has 4 nitrogen and oxygen atoms in total. The summed E-state index contributed by atoms with van der Waals surface area (Å²) >= 11 is 0. The lowest BCUT2D eigenvalue weighted by Gasteiger charge is -2.33. The number of rotatable bonds is 8. The molecule has 1 aliphatic rings. The van der Waals surface area contributed by atoms with Crippen molar-refractivity contribution < 1.29 is 8.42 Å². The van der Waals surface area contributed by atoms with Crippen LogP contribution in [0.15, 0.2) is 65.7 Å². The molecule has 0 amide bonds. The lowest BCUT2D eigenvalue weighted by Crippen LogP contribution is -2.38. The fourth-order valence-corrected chi connectivity index (χ4v) is 6.48. The number of sulfone groups is 1. The van der Waals surface area contributed by atoms with Crippen molar-refractivity contribution in [3.63, 3.8) is 0 Å². The Hall–Kier alpha value is -1.82. The van der Waals surface area contributed by atoms with Crippen molar-refractivity contribution in [1.29, 1.82) is 0 Å². The van der Waals surface area contributed by atoms with Crippen LogP contribution >= 0.6 is 12.4 Å². The van der Waals surface area contributed by atoms with Crippen molar-refractivity contribution in [2.75, 3.05) is 19.6 Å². The van der Waals surface area contributed by atoms with Gasteiger partial charge in [0.15, 0.2) is 9.84 Å². The van der Waals surface area contributed by atoms with Crippen molar-refractivity contribution in [3.05, 3.63) is 66.4 Å².